The van der Waals surface area contributed by atoms with Gasteiger partial charge < -0.3 is 10.0 Å². The number of aliphatic hydroxyl groups is 1. The number of aliphatic hydroxyl groups excluding tert-OH is 1. The maximum atomic E-state index is 10.4. The van der Waals surface area contributed by atoms with Crippen molar-refractivity contribution in [3.8, 4) is 11.3 Å². The number of benzene rings is 1. The average molecular weight is 484 g/mol. The number of nitrogens with zero attached hydrogens (tertiary/aromatic N) is 5. The summed E-state index contributed by atoms with van der Waals surface area (Å²) < 4.78 is 1.96. The molecule has 2 aromatic heterocycles. The van der Waals surface area contributed by atoms with Crippen molar-refractivity contribution in [2.75, 3.05) is 19.0 Å². The van der Waals surface area contributed by atoms with Gasteiger partial charge in [-0.05, 0) is 80.2 Å². The van der Waals surface area contributed by atoms with Crippen molar-refractivity contribution >= 4 is 11.5 Å². The van der Waals surface area contributed by atoms with E-state index in [1.165, 1.54) is 46.6 Å². The third-order valence-corrected chi connectivity index (χ3v) is 10.6. The van der Waals surface area contributed by atoms with Gasteiger partial charge in [0.05, 0.1) is 17.5 Å². The van der Waals surface area contributed by atoms with Gasteiger partial charge in [-0.25, -0.2) is 4.98 Å². The maximum absolute atomic E-state index is 10.4. The maximum Gasteiger partial charge on any atom is 0.252 e. The summed E-state index contributed by atoms with van der Waals surface area (Å²) in [6.07, 6.45) is 11.5. The topological polar surface area (TPSA) is 66.6 Å². The fourth-order valence-corrected chi connectivity index (χ4v) is 8.61. The van der Waals surface area contributed by atoms with E-state index in [-0.39, 0.29) is 16.9 Å². The minimum Gasteiger partial charge on any atom is -0.393 e. The predicted octanol–water partition coefficient (Wildman–Crippen LogP) is 5.19. The highest BCUT2D eigenvalue weighted by Crippen LogP contribution is 2.64. The Balaban J connectivity index is 1.34. The van der Waals surface area contributed by atoms with Crippen molar-refractivity contribution in [2.45, 2.75) is 70.3 Å². The Morgan fingerprint density at radius 1 is 1.00 bits per heavy atom. The molecule has 36 heavy (non-hydrogen) atoms. The molecule has 2 saturated carbocycles. The van der Waals surface area contributed by atoms with Gasteiger partial charge in [0.25, 0.3) is 5.78 Å². The highest BCUT2D eigenvalue weighted by Gasteiger charge is 2.58. The molecule has 2 fully saturated rings. The van der Waals surface area contributed by atoms with E-state index in [0.29, 0.717) is 23.5 Å². The van der Waals surface area contributed by atoms with Crippen LogP contribution in [0.15, 0.2) is 42.2 Å². The largest absolute Gasteiger partial charge is 0.393 e. The van der Waals surface area contributed by atoms with Crippen LogP contribution in [0.4, 0.5) is 5.69 Å². The summed E-state index contributed by atoms with van der Waals surface area (Å²) in [6, 6.07) is 8.83. The molecule has 2 heterocycles. The molecular weight excluding hydrogens is 446 g/mol. The molecule has 3 aromatic rings. The van der Waals surface area contributed by atoms with Gasteiger partial charge in [-0.3, -0.25) is 0 Å². The zero-order chi connectivity index (χ0) is 24.8. The molecule has 7 rings (SSSR count). The quantitative estimate of drug-likeness (QED) is 0.508. The number of anilines is 1. The molecule has 4 aliphatic rings. The Bertz CT molecular complexity index is 1370. The molecule has 6 atom stereocenters. The minimum absolute atomic E-state index is 0.0679. The van der Waals surface area contributed by atoms with Crippen LogP contribution in [0, 0.1) is 23.2 Å². The second-order valence-corrected chi connectivity index (χ2v) is 12.5. The molecule has 0 saturated heterocycles. The van der Waals surface area contributed by atoms with E-state index in [4.69, 9.17) is 4.98 Å². The van der Waals surface area contributed by atoms with Crippen LogP contribution in [-0.2, 0) is 11.8 Å². The number of hydrogen-bond donors (Lipinski definition) is 1. The SMILES string of the molecule is CN(C)c1ccc(-c2c3c(nc4ncnn24)[C@@]2(C)CC[C@H]4[C@@H](CC=C5C[C@@H](O)CC[C@@]54C)[C@@H]2C3)cc1. The van der Waals surface area contributed by atoms with Crippen LogP contribution in [0.3, 0.4) is 0 Å². The summed E-state index contributed by atoms with van der Waals surface area (Å²) in [5.41, 5.74) is 8.03. The lowest BCUT2D eigenvalue weighted by Crippen LogP contribution is -2.51. The number of fused-ring (bicyclic) bond motifs is 8. The van der Waals surface area contributed by atoms with E-state index in [2.05, 4.69) is 73.3 Å². The molecule has 6 nitrogen and oxygen atoms in total. The van der Waals surface area contributed by atoms with Crippen molar-refractivity contribution < 1.29 is 5.11 Å². The summed E-state index contributed by atoms with van der Waals surface area (Å²) in [4.78, 5) is 11.9. The summed E-state index contributed by atoms with van der Waals surface area (Å²) >= 11 is 0. The van der Waals surface area contributed by atoms with Gasteiger partial charge in [-0.1, -0.05) is 37.6 Å². The Hall–Kier alpha value is -2.73. The Labute approximate surface area is 213 Å². The predicted molar refractivity (Wildman–Crippen MR) is 142 cm³/mol. The zero-order valence-corrected chi connectivity index (χ0v) is 21.9. The fraction of sp³-hybridized carbons (Fsp3) is 0.567. The van der Waals surface area contributed by atoms with E-state index < -0.39 is 0 Å². The van der Waals surface area contributed by atoms with Gasteiger partial charge in [-0.2, -0.15) is 14.6 Å². The van der Waals surface area contributed by atoms with Crippen molar-refractivity contribution in [3.63, 3.8) is 0 Å². The smallest absolute Gasteiger partial charge is 0.252 e. The van der Waals surface area contributed by atoms with Gasteiger partial charge in [0.15, 0.2) is 0 Å². The monoisotopic (exact) mass is 483 g/mol. The lowest BCUT2D eigenvalue weighted by molar-refractivity contribution is -0.0169. The summed E-state index contributed by atoms with van der Waals surface area (Å²) in [5.74, 6) is 2.64. The molecule has 0 bridgehead atoms. The Morgan fingerprint density at radius 2 is 1.78 bits per heavy atom. The van der Waals surface area contributed by atoms with E-state index in [1.807, 2.05) is 4.52 Å². The van der Waals surface area contributed by atoms with E-state index in [0.717, 1.165) is 32.1 Å². The molecule has 6 heteroatoms. The lowest BCUT2D eigenvalue weighted by atomic mass is 9.48. The van der Waals surface area contributed by atoms with Crippen LogP contribution in [0.5, 0.6) is 0 Å². The lowest BCUT2D eigenvalue weighted by Gasteiger charge is -2.57. The zero-order valence-electron chi connectivity index (χ0n) is 21.9. The third-order valence-electron chi connectivity index (χ3n) is 10.6. The van der Waals surface area contributed by atoms with Crippen LogP contribution >= 0.6 is 0 Å². The molecule has 0 aliphatic heterocycles. The summed E-state index contributed by atoms with van der Waals surface area (Å²) in [7, 11) is 4.16. The second-order valence-electron chi connectivity index (χ2n) is 12.5. The second kappa shape index (κ2) is 7.64. The first-order chi connectivity index (χ1) is 17.3. The van der Waals surface area contributed by atoms with Crippen molar-refractivity contribution in [2.24, 2.45) is 23.2 Å². The van der Waals surface area contributed by atoms with E-state index >= 15 is 0 Å². The fourth-order valence-electron chi connectivity index (χ4n) is 8.61. The van der Waals surface area contributed by atoms with Crippen molar-refractivity contribution in [3.05, 3.63) is 53.5 Å². The van der Waals surface area contributed by atoms with Crippen LogP contribution in [0.1, 0.15) is 63.6 Å². The molecule has 0 spiro atoms. The standard InChI is InChI=1S/C30H37N5O/c1-29-13-11-21(36)15-19(29)7-10-22-24(29)12-14-30(2)25(22)16-23-26(18-5-8-20(9-6-18)34(3)4)35-28(31-17-32-35)33-27(23)30/h5-9,17,21-22,24-25,36H,10-16H2,1-4H3/t21-,22+,24-,25-,29-,30-/m0/s1. The molecule has 0 unspecified atom stereocenters. The van der Waals surface area contributed by atoms with Crippen molar-refractivity contribution in [1.29, 1.82) is 0 Å². The van der Waals surface area contributed by atoms with Crippen LogP contribution < -0.4 is 4.90 Å². The summed E-state index contributed by atoms with van der Waals surface area (Å²) in [6.45, 7) is 4.98. The minimum atomic E-state index is -0.153. The number of allylic oxidation sites excluding steroid dienone is 1. The molecular formula is C30H37N5O. The molecule has 1 N–H and O–H groups in total. The molecule has 188 valence electrons. The first-order valence-corrected chi connectivity index (χ1v) is 13.7. The first kappa shape index (κ1) is 22.5. The Kier molecular flexibility index (Phi) is 4.77. The van der Waals surface area contributed by atoms with Gasteiger partial charge in [0.1, 0.15) is 6.33 Å². The third kappa shape index (κ3) is 2.97. The van der Waals surface area contributed by atoms with E-state index in [1.54, 1.807) is 6.33 Å². The van der Waals surface area contributed by atoms with Crippen LogP contribution in [0.2, 0.25) is 0 Å². The first-order valence-electron chi connectivity index (χ1n) is 13.7. The normalized spacial score (nSPS) is 35.0. The number of aromatic nitrogens is 4. The Morgan fingerprint density at radius 3 is 2.56 bits per heavy atom. The van der Waals surface area contributed by atoms with Gasteiger partial charge in [0.2, 0.25) is 0 Å². The number of rotatable bonds is 2. The highest BCUT2D eigenvalue weighted by molar-refractivity contribution is 5.70. The number of hydrogen-bond acceptors (Lipinski definition) is 5. The molecule has 0 radical (unpaired) electrons. The van der Waals surface area contributed by atoms with Gasteiger partial charge in [-0.15, -0.1) is 0 Å². The van der Waals surface area contributed by atoms with Crippen molar-refractivity contribution in [1.82, 2.24) is 19.6 Å². The van der Waals surface area contributed by atoms with Crippen LogP contribution in [-0.4, -0.2) is 44.9 Å². The van der Waals surface area contributed by atoms with E-state index in [9.17, 15) is 5.11 Å². The molecule has 1 aromatic carbocycles. The molecule has 4 aliphatic carbocycles. The van der Waals surface area contributed by atoms with Gasteiger partial charge in [0, 0.05) is 36.3 Å². The summed E-state index contributed by atoms with van der Waals surface area (Å²) in [5, 5.41) is 15.0. The van der Waals surface area contributed by atoms with Gasteiger partial charge >= 0.3 is 0 Å². The molecule has 0 amide bonds. The average Bonchev–Trinajstić information content (AvgIpc) is 3.45. The van der Waals surface area contributed by atoms with Crippen LogP contribution in [0.25, 0.3) is 17.0 Å². The highest BCUT2D eigenvalue weighted by atomic mass is 16.3.